The van der Waals surface area contributed by atoms with Gasteiger partial charge in [-0.05, 0) is 69.7 Å². The molecule has 1 atom stereocenters. The molecule has 1 aromatic carbocycles. The molecule has 1 saturated carbocycles. The van der Waals surface area contributed by atoms with Crippen molar-refractivity contribution in [2.75, 3.05) is 26.3 Å². The van der Waals surface area contributed by atoms with Gasteiger partial charge in [0.05, 0.1) is 19.1 Å². The summed E-state index contributed by atoms with van der Waals surface area (Å²) < 4.78 is 11.4. The average Bonchev–Trinajstić information content (AvgIpc) is 3.17. The number of halogens is 1. The van der Waals surface area contributed by atoms with Crippen molar-refractivity contribution in [3.63, 3.8) is 0 Å². The summed E-state index contributed by atoms with van der Waals surface area (Å²) in [6, 6.07) is 6.12. The lowest BCUT2D eigenvalue weighted by molar-refractivity contribution is -0.151. The number of carbonyl (C=O) groups excluding carboxylic acids is 3. The van der Waals surface area contributed by atoms with E-state index >= 15 is 0 Å². The van der Waals surface area contributed by atoms with Gasteiger partial charge in [-0.2, -0.15) is 0 Å². The third-order valence-corrected chi connectivity index (χ3v) is 7.17. The van der Waals surface area contributed by atoms with E-state index in [1.165, 1.54) is 0 Å². The first-order valence-electron chi connectivity index (χ1n) is 11.6. The molecule has 2 amide bonds. The molecule has 32 heavy (non-hydrogen) atoms. The Morgan fingerprint density at radius 1 is 1.09 bits per heavy atom. The third-order valence-electron chi connectivity index (χ3n) is 6.92. The summed E-state index contributed by atoms with van der Waals surface area (Å²) >= 11 is 6.01. The van der Waals surface area contributed by atoms with Crippen LogP contribution in [0.4, 0.5) is 0 Å². The van der Waals surface area contributed by atoms with Gasteiger partial charge in [0, 0.05) is 23.7 Å². The molecule has 3 fully saturated rings. The van der Waals surface area contributed by atoms with Crippen LogP contribution < -0.4 is 0 Å². The fourth-order valence-corrected chi connectivity index (χ4v) is 5.32. The van der Waals surface area contributed by atoms with Crippen molar-refractivity contribution in [1.82, 2.24) is 9.80 Å². The number of likely N-dealkylation sites (tertiary alicyclic amines) is 1. The predicted molar refractivity (Wildman–Crippen MR) is 119 cm³/mol. The average molecular weight is 463 g/mol. The molecule has 2 heterocycles. The monoisotopic (exact) mass is 462 g/mol. The van der Waals surface area contributed by atoms with Crippen LogP contribution in [0.3, 0.4) is 0 Å². The molecule has 1 aromatic rings. The van der Waals surface area contributed by atoms with Crippen molar-refractivity contribution < 1.29 is 23.9 Å². The summed E-state index contributed by atoms with van der Waals surface area (Å²) in [5.41, 5.74) is -0.220. The number of amides is 2. The lowest BCUT2D eigenvalue weighted by atomic mass is 9.89. The predicted octanol–water partition coefficient (Wildman–Crippen LogP) is 3.64. The molecule has 1 spiro atoms. The largest absolute Gasteiger partial charge is 0.466 e. The van der Waals surface area contributed by atoms with Crippen molar-refractivity contribution in [2.24, 2.45) is 5.92 Å². The van der Waals surface area contributed by atoms with Gasteiger partial charge in [-0.25, -0.2) is 0 Å². The first-order valence-corrected chi connectivity index (χ1v) is 12.0. The summed E-state index contributed by atoms with van der Waals surface area (Å²) in [7, 11) is 0. The number of hydrogen-bond acceptors (Lipinski definition) is 5. The van der Waals surface area contributed by atoms with Crippen LogP contribution in [0.1, 0.15) is 62.2 Å². The third kappa shape index (κ3) is 4.50. The molecule has 174 valence electrons. The molecule has 0 N–H and O–H groups in total. The van der Waals surface area contributed by atoms with E-state index in [-0.39, 0.29) is 30.3 Å². The van der Waals surface area contributed by atoms with E-state index in [0.29, 0.717) is 43.1 Å². The Morgan fingerprint density at radius 3 is 2.38 bits per heavy atom. The number of hydrogen-bond donors (Lipinski definition) is 0. The molecule has 3 aliphatic rings. The van der Waals surface area contributed by atoms with Crippen LogP contribution in [0.5, 0.6) is 0 Å². The highest BCUT2D eigenvalue weighted by molar-refractivity contribution is 6.30. The molecule has 2 saturated heterocycles. The van der Waals surface area contributed by atoms with Crippen LogP contribution in [-0.4, -0.2) is 65.7 Å². The lowest BCUT2D eigenvalue weighted by Crippen LogP contribution is -2.57. The zero-order valence-electron chi connectivity index (χ0n) is 18.6. The Kier molecular flexibility index (Phi) is 7.05. The Labute approximate surface area is 194 Å². The Hall–Kier alpha value is -2.12. The smallest absolute Gasteiger partial charge is 0.309 e. The van der Waals surface area contributed by atoms with Gasteiger partial charge in [0.15, 0.2) is 0 Å². The number of carbonyl (C=O) groups is 3. The molecule has 8 heteroatoms. The van der Waals surface area contributed by atoms with Gasteiger partial charge in [0.2, 0.25) is 5.91 Å². The lowest BCUT2D eigenvalue weighted by Gasteiger charge is -2.42. The topological polar surface area (TPSA) is 76.2 Å². The molecule has 0 radical (unpaired) electrons. The minimum atomic E-state index is -0.724. The first kappa shape index (κ1) is 23.1. The number of rotatable bonds is 4. The SMILES string of the molecule is CCOC(=O)C1CCN(C(=O)C2COC3(CCCCC3)N2C(=O)c2ccc(Cl)cc2)CC1. The minimum absolute atomic E-state index is 0.0999. The maximum atomic E-state index is 13.6. The minimum Gasteiger partial charge on any atom is -0.466 e. The number of ether oxygens (including phenoxy) is 2. The summed E-state index contributed by atoms with van der Waals surface area (Å²) in [4.78, 5) is 42.7. The van der Waals surface area contributed by atoms with Gasteiger partial charge in [-0.3, -0.25) is 19.3 Å². The van der Waals surface area contributed by atoms with E-state index in [2.05, 4.69) is 0 Å². The van der Waals surface area contributed by atoms with Crippen molar-refractivity contribution in [3.05, 3.63) is 34.9 Å². The summed E-state index contributed by atoms with van der Waals surface area (Å²) in [5, 5.41) is 0.559. The van der Waals surface area contributed by atoms with E-state index < -0.39 is 11.8 Å². The van der Waals surface area contributed by atoms with Gasteiger partial charge < -0.3 is 14.4 Å². The van der Waals surface area contributed by atoms with Crippen LogP contribution in [0.25, 0.3) is 0 Å². The fraction of sp³-hybridized carbons (Fsp3) is 0.625. The number of nitrogens with zero attached hydrogens (tertiary/aromatic N) is 2. The van der Waals surface area contributed by atoms with E-state index in [1.807, 2.05) is 0 Å². The molecule has 1 aliphatic carbocycles. The second-order valence-electron chi connectivity index (χ2n) is 8.87. The maximum Gasteiger partial charge on any atom is 0.309 e. The molecule has 7 nitrogen and oxygen atoms in total. The van der Waals surface area contributed by atoms with E-state index in [1.54, 1.807) is 41.0 Å². The second kappa shape index (κ2) is 9.79. The molecule has 2 aliphatic heterocycles. The Bertz CT molecular complexity index is 844. The fourth-order valence-electron chi connectivity index (χ4n) is 5.20. The van der Waals surface area contributed by atoms with E-state index in [0.717, 1.165) is 32.1 Å². The summed E-state index contributed by atoms with van der Waals surface area (Å²) in [6.07, 6.45) is 5.67. The van der Waals surface area contributed by atoms with Gasteiger partial charge in [0.1, 0.15) is 11.8 Å². The molecular formula is C24H31ClN2O5. The Morgan fingerprint density at radius 2 is 1.75 bits per heavy atom. The van der Waals surface area contributed by atoms with Gasteiger partial charge in [0.25, 0.3) is 5.91 Å². The van der Waals surface area contributed by atoms with Gasteiger partial charge in [-0.1, -0.05) is 18.0 Å². The van der Waals surface area contributed by atoms with Crippen molar-refractivity contribution in [2.45, 2.75) is 63.6 Å². The Balaban J connectivity index is 1.53. The number of benzene rings is 1. The quantitative estimate of drug-likeness (QED) is 0.638. The van der Waals surface area contributed by atoms with Crippen molar-refractivity contribution in [1.29, 1.82) is 0 Å². The second-order valence-corrected chi connectivity index (χ2v) is 9.30. The highest BCUT2D eigenvalue weighted by Crippen LogP contribution is 2.42. The number of piperidine rings is 1. The van der Waals surface area contributed by atoms with Crippen LogP contribution in [0.15, 0.2) is 24.3 Å². The molecule has 0 aromatic heterocycles. The van der Waals surface area contributed by atoms with Crippen LogP contribution in [0.2, 0.25) is 5.02 Å². The van der Waals surface area contributed by atoms with E-state index in [9.17, 15) is 14.4 Å². The van der Waals surface area contributed by atoms with Gasteiger partial charge in [-0.15, -0.1) is 0 Å². The highest BCUT2D eigenvalue weighted by Gasteiger charge is 2.53. The number of esters is 1. The summed E-state index contributed by atoms with van der Waals surface area (Å²) in [6.45, 7) is 3.32. The molecular weight excluding hydrogens is 432 g/mol. The maximum absolute atomic E-state index is 13.6. The van der Waals surface area contributed by atoms with Gasteiger partial charge >= 0.3 is 5.97 Å². The van der Waals surface area contributed by atoms with Crippen LogP contribution >= 0.6 is 11.6 Å². The molecule has 1 unspecified atom stereocenters. The van der Waals surface area contributed by atoms with Crippen molar-refractivity contribution in [3.8, 4) is 0 Å². The normalized spacial score (nSPS) is 23.4. The highest BCUT2D eigenvalue weighted by atomic mass is 35.5. The van der Waals surface area contributed by atoms with Crippen molar-refractivity contribution >= 4 is 29.4 Å². The van der Waals surface area contributed by atoms with Crippen LogP contribution in [-0.2, 0) is 19.1 Å². The zero-order chi connectivity index (χ0) is 22.7. The zero-order valence-corrected chi connectivity index (χ0v) is 19.3. The first-order chi connectivity index (χ1) is 15.4. The van der Waals surface area contributed by atoms with E-state index in [4.69, 9.17) is 21.1 Å². The molecule has 4 rings (SSSR count). The molecule has 0 bridgehead atoms. The summed E-state index contributed by atoms with van der Waals surface area (Å²) in [5.74, 6) is -0.655. The van der Waals surface area contributed by atoms with Crippen LogP contribution in [0, 0.1) is 5.92 Å². The standard InChI is InChI=1S/C24H31ClN2O5/c1-2-31-23(30)18-10-14-26(15-11-18)22(29)20-16-32-24(12-4-3-5-13-24)27(20)21(28)17-6-8-19(25)9-7-17/h6-9,18,20H,2-5,10-16H2,1H3.